The van der Waals surface area contributed by atoms with Crippen molar-refractivity contribution in [2.75, 3.05) is 126 Å². The van der Waals surface area contributed by atoms with Crippen LogP contribution in [-0.4, -0.2) is 131 Å². The van der Waals surface area contributed by atoms with Crippen LogP contribution in [0.4, 0.5) is 0 Å². The van der Waals surface area contributed by atoms with Crippen molar-refractivity contribution in [1.29, 1.82) is 0 Å². The molecule has 0 aliphatic carbocycles. The molecule has 0 spiro atoms. The van der Waals surface area contributed by atoms with Crippen molar-refractivity contribution in [2.24, 2.45) is 0 Å². The monoisotopic (exact) mass is 618 g/mol. The molecular weight excluding hydrogens is 560 g/mol. The summed E-state index contributed by atoms with van der Waals surface area (Å²) < 4.78 is 55.0. The van der Waals surface area contributed by atoms with E-state index in [2.05, 4.69) is 6.92 Å². The molecule has 0 saturated carbocycles. The van der Waals surface area contributed by atoms with Crippen LogP contribution in [0.2, 0.25) is 0 Å². The maximum atomic E-state index is 9.03. The summed E-state index contributed by atoms with van der Waals surface area (Å²) in [6, 6.07) is 7.33. The largest absolute Gasteiger partial charge is 0.491 e. The molecule has 11 nitrogen and oxygen atoms in total. The molecule has 0 unspecified atom stereocenters. The number of aliphatic hydroxyl groups is 1. The second kappa shape index (κ2) is 33.5. The molecule has 0 saturated heterocycles. The van der Waals surface area contributed by atoms with Crippen LogP contribution in [0.1, 0.15) is 44.6 Å². The Hall–Kier alpha value is -1.38. The highest BCUT2D eigenvalue weighted by Gasteiger charge is 1.97. The summed E-state index contributed by atoms with van der Waals surface area (Å²) in [6.45, 7) is 12.6. The Balaban J connectivity index is 1.64. The van der Waals surface area contributed by atoms with Crippen LogP contribution in [0, 0.1) is 0 Å². The van der Waals surface area contributed by atoms with Crippen LogP contribution < -0.4 is 4.74 Å². The number of hydrogen-bond acceptors (Lipinski definition) is 11. The fourth-order valence-electron chi connectivity index (χ4n) is 3.58. The molecule has 11 heteroatoms. The van der Waals surface area contributed by atoms with E-state index < -0.39 is 0 Å². The van der Waals surface area contributed by atoms with Crippen molar-refractivity contribution >= 4 is 0 Å². The van der Waals surface area contributed by atoms with Crippen molar-refractivity contribution in [1.82, 2.24) is 0 Å². The SMILES string of the molecule is CCCCCCCOCCOCCOCCOCCOCCOCCOCCOCCOCCOc1ccc(CO)cc1. The minimum Gasteiger partial charge on any atom is -0.491 e. The Morgan fingerprint density at radius 2 is 0.721 bits per heavy atom. The van der Waals surface area contributed by atoms with E-state index >= 15 is 0 Å². The van der Waals surface area contributed by atoms with E-state index in [-0.39, 0.29) is 6.61 Å². The Morgan fingerprint density at radius 3 is 1.07 bits per heavy atom. The number of rotatable bonds is 35. The van der Waals surface area contributed by atoms with Crippen molar-refractivity contribution in [3.63, 3.8) is 0 Å². The van der Waals surface area contributed by atoms with E-state index in [1.165, 1.54) is 25.7 Å². The predicted octanol–water partition coefficient (Wildman–Crippen LogP) is 3.68. The predicted molar refractivity (Wildman–Crippen MR) is 164 cm³/mol. The maximum absolute atomic E-state index is 9.03. The van der Waals surface area contributed by atoms with Crippen LogP contribution in [0.5, 0.6) is 5.75 Å². The molecule has 0 fully saturated rings. The first kappa shape index (κ1) is 39.6. The van der Waals surface area contributed by atoms with Gasteiger partial charge in [-0.2, -0.15) is 0 Å². The van der Waals surface area contributed by atoms with Gasteiger partial charge in [-0.15, -0.1) is 0 Å². The van der Waals surface area contributed by atoms with E-state index in [0.29, 0.717) is 119 Å². The van der Waals surface area contributed by atoms with Crippen LogP contribution >= 0.6 is 0 Å². The summed E-state index contributed by atoms with van der Waals surface area (Å²) in [4.78, 5) is 0. The van der Waals surface area contributed by atoms with Gasteiger partial charge in [-0.3, -0.25) is 0 Å². The second-order valence-electron chi connectivity index (χ2n) is 9.58. The molecule has 1 N–H and O–H groups in total. The molecule has 43 heavy (non-hydrogen) atoms. The van der Waals surface area contributed by atoms with Crippen LogP contribution in [0.15, 0.2) is 24.3 Å². The highest BCUT2D eigenvalue weighted by atomic mass is 16.6. The third-order valence-corrected chi connectivity index (χ3v) is 5.97. The fourth-order valence-corrected chi connectivity index (χ4v) is 3.58. The normalized spacial score (nSPS) is 11.4. The van der Waals surface area contributed by atoms with Gasteiger partial charge in [-0.05, 0) is 24.1 Å². The van der Waals surface area contributed by atoms with E-state index in [4.69, 9.17) is 52.5 Å². The minimum absolute atomic E-state index is 0.0287. The summed E-state index contributed by atoms with van der Waals surface area (Å²) in [7, 11) is 0. The molecule has 1 aromatic rings. The van der Waals surface area contributed by atoms with Gasteiger partial charge in [-0.1, -0.05) is 44.7 Å². The topological polar surface area (TPSA) is 113 Å². The Labute approximate surface area is 259 Å². The zero-order valence-electron chi connectivity index (χ0n) is 26.5. The molecule has 0 heterocycles. The summed E-state index contributed by atoms with van der Waals surface area (Å²) in [5.74, 6) is 0.756. The van der Waals surface area contributed by atoms with Gasteiger partial charge in [0.2, 0.25) is 0 Å². The number of benzene rings is 1. The molecule has 252 valence electrons. The van der Waals surface area contributed by atoms with Gasteiger partial charge >= 0.3 is 0 Å². The molecule has 0 aromatic heterocycles. The van der Waals surface area contributed by atoms with Gasteiger partial charge in [0.15, 0.2) is 0 Å². The number of unbranched alkanes of at least 4 members (excludes halogenated alkanes) is 4. The molecule has 1 rings (SSSR count). The highest BCUT2D eigenvalue weighted by molar-refractivity contribution is 5.26. The molecule has 0 aliphatic rings. The average molecular weight is 619 g/mol. The zero-order chi connectivity index (χ0) is 30.7. The van der Waals surface area contributed by atoms with E-state index in [9.17, 15) is 0 Å². The Bertz CT molecular complexity index is 663. The second-order valence-corrected chi connectivity index (χ2v) is 9.58. The molecular formula is C32H58O11. The van der Waals surface area contributed by atoms with Gasteiger partial charge < -0.3 is 52.5 Å². The van der Waals surface area contributed by atoms with E-state index in [1.54, 1.807) is 0 Å². The lowest BCUT2D eigenvalue weighted by Crippen LogP contribution is -2.15. The van der Waals surface area contributed by atoms with Crippen molar-refractivity contribution in [3.05, 3.63) is 29.8 Å². The lowest BCUT2D eigenvalue weighted by Gasteiger charge is -2.09. The third kappa shape index (κ3) is 29.1. The molecule has 0 aliphatic heterocycles. The Morgan fingerprint density at radius 1 is 0.395 bits per heavy atom. The van der Waals surface area contributed by atoms with Crippen molar-refractivity contribution < 1.29 is 52.5 Å². The number of hydrogen-bond donors (Lipinski definition) is 1. The van der Waals surface area contributed by atoms with Gasteiger partial charge in [0, 0.05) is 6.61 Å². The molecule has 0 bridgehead atoms. The highest BCUT2D eigenvalue weighted by Crippen LogP contribution is 2.11. The first-order valence-electron chi connectivity index (χ1n) is 15.9. The maximum Gasteiger partial charge on any atom is 0.119 e. The van der Waals surface area contributed by atoms with Crippen molar-refractivity contribution in [2.45, 2.75) is 45.6 Å². The summed E-state index contributed by atoms with van der Waals surface area (Å²) in [5.41, 5.74) is 0.857. The first-order valence-corrected chi connectivity index (χ1v) is 15.9. The van der Waals surface area contributed by atoms with Crippen LogP contribution in [-0.2, 0) is 49.2 Å². The number of aliphatic hydroxyl groups excluding tert-OH is 1. The fraction of sp³-hybridized carbons (Fsp3) is 0.812. The zero-order valence-corrected chi connectivity index (χ0v) is 26.5. The number of ether oxygens (including phenoxy) is 10. The summed E-state index contributed by atoms with van der Waals surface area (Å²) >= 11 is 0. The van der Waals surface area contributed by atoms with E-state index in [0.717, 1.165) is 24.3 Å². The van der Waals surface area contributed by atoms with E-state index in [1.807, 2.05) is 24.3 Å². The van der Waals surface area contributed by atoms with Gasteiger partial charge in [0.25, 0.3) is 0 Å². The average Bonchev–Trinajstić information content (AvgIpc) is 3.03. The minimum atomic E-state index is 0.0287. The van der Waals surface area contributed by atoms with Gasteiger partial charge in [0.1, 0.15) is 12.4 Å². The van der Waals surface area contributed by atoms with Crippen molar-refractivity contribution in [3.8, 4) is 5.75 Å². The van der Waals surface area contributed by atoms with Gasteiger partial charge in [0.05, 0.1) is 119 Å². The first-order chi connectivity index (χ1) is 21.4. The van der Waals surface area contributed by atoms with Crippen LogP contribution in [0.25, 0.3) is 0 Å². The lowest BCUT2D eigenvalue weighted by molar-refractivity contribution is -0.0254. The molecule has 0 atom stereocenters. The molecule has 0 radical (unpaired) electrons. The smallest absolute Gasteiger partial charge is 0.119 e. The summed E-state index contributed by atoms with van der Waals surface area (Å²) in [5, 5.41) is 9.03. The quantitative estimate of drug-likeness (QED) is 0.112. The van der Waals surface area contributed by atoms with Crippen LogP contribution in [0.3, 0.4) is 0 Å². The molecule has 1 aromatic carbocycles. The summed E-state index contributed by atoms with van der Waals surface area (Å²) in [6.07, 6.45) is 6.28. The van der Waals surface area contributed by atoms with Gasteiger partial charge in [-0.25, -0.2) is 0 Å². The Kier molecular flexibility index (Phi) is 30.9. The molecule has 0 amide bonds. The third-order valence-electron chi connectivity index (χ3n) is 5.97. The standard InChI is InChI=1S/C32H58O11/c1-2-3-4-5-6-11-34-12-13-35-14-15-36-16-17-37-18-19-38-20-21-39-22-23-40-24-25-41-26-27-42-28-29-43-32-9-7-31(30-33)8-10-32/h7-10,33H,2-6,11-30H2,1H3. The lowest BCUT2D eigenvalue weighted by atomic mass is 10.2.